The van der Waals surface area contributed by atoms with Gasteiger partial charge < -0.3 is 20.9 Å². The van der Waals surface area contributed by atoms with Crippen molar-refractivity contribution in [1.29, 1.82) is 0 Å². The second-order valence-corrected chi connectivity index (χ2v) is 7.72. The minimum atomic E-state index is -0.181. The summed E-state index contributed by atoms with van der Waals surface area (Å²) in [5.74, 6) is -0.225. The quantitative estimate of drug-likeness (QED) is 0.734. The summed E-state index contributed by atoms with van der Waals surface area (Å²) in [6, 6.07) is 7.35. The van der Waals surface area contributed by atoms with Crippen molar-refractivity contribution in [1.82, 2.24) is 15.1 Å². The first-order chi connectivity index (χ1) is 13.3. The Balaban J connectivity index is 1.96. The average Bonchev–Trinajstić information content (AvgIpc) is 2.71. The minimum absolute atomic E-state index is 0.0313. The van der Waals surface area contributed by atoms with Gasteiger partial charge in [0.15, 0.2) is 0 Å². The molecule has 1 saturated heterocycles. The van der Waals surface area contributed by atoms with Gasteiger partial charge in [-0.1, -0.05) is 26.0 Å². The van der Waals surface area contributed by atoms with E-state index in [1.165, 1.54) is 0 Å². The molecule has 1 atom stereocenters. The summed E-state index contributed by atoms with van der Waals surface area (Å²) in [6.07, 6.45) is 1.60. The lowest BCUT2D eigenvalue weighted by Crippen LogP contribution is -2.46. The van der Waals surface area contributed by atoms with Gasteiger partial charge in [-0.3, -0.25) is 14.4 Å². The Kier molecular flexibility index (Phi) is 7.99. The number of nitrogens with two attached hydrogens (primary N) is 1. The van der Waals surface area contributed by atoms with E-state index in [9.17, 15) is 14.4 Å². The van der Waals surface area contributed by atoms with Crippen molar-refractivity contribution in [3.05, 3.63) is 35.4 Å². The molecule has 1 unspecified atom stereocenters. The maximum atomic E-state index is 12.8. The Bertz CT molecular complexity index is 687. The molecule has 0 saturated carbocycles. The minimum Gasteiger partial charge on any atom is -0.355 e. The molecule has 0 radical (unpaired) electrons. The number of benzene rings is 1. The fourth-order valence-corrected chi connectivity index (χ4v) is 3.44. The number of amides is 3. The third-order valence-corrected chi connectivity index (χ3v) is 5.01. The first-order valence-corrected chi connectivity index (χ1v) is 9.94. The zero-order valence-corrected chi connectivity index (χ0v) is 17.1. The van der Waals surface area contributed by atoms with E-state index in [2.05, 4.69) is 5.32 Å². The highest BCUT2D eigenvalue weighted by atomic mass is 16.2. The van der Waals surface area contributed by atoms with Crippen LogP contribution in [0.2, 0.25) is 0 Å². The predicted molar refractivity (Wildman–Crippen MR) is 108 cm³/mol. The first kappa shape index (κ1) is 21.9. The predicted octanol–water partition coefficient (Wildman–Crippen LogP) is 1.23. The number of nitrogens with one attached hydrogen (secondary N) is 1. The van der Waals surface area contributed by atoms with Gasteiger partial charge in [-0.15, -0.1) is 0 Å². The average molecular weight is 389 g/mol. The van der Waals surface area contributed by atoms with Gasteiger partial charge in [0.1, 0.15) is 0 Å². The number of nitrogens with zero attached hydrogens (tertiary/aromatic N) is 2. The van der Waals surface area contributed by atoms with Crippen LogP contribution in [-0.2, 0) is 16.1 Å². The van der Waals surface area contributed by atoms with Crippen LogP contribution in [0.4, 0.5) is 0 Å². The Morgan fingerprint density at radius 1 is 1.25 bits per heavy atom. The molecule has 7 nitrogen and oxygen atoms in total. The number of piperidine rings is 1. The normalized spacial score (nSPS) is 16.8. The van der Waals surface area contributed by atoms with E-state index in [4.69, 9.17) is 5.73 Å². The molecular formula is C21H32N4O3. The standard InChI is InChI=1S/C21H32N4O3/c1-15(2)20(27)24(3)13-16-6-8-17(9-7-16)21(28)25-12-4-5-18(14-25)19(26)23-11-10-22/h6-9,15,18H,4-5,10-14,22H2,1-3H3,(H,23,26). The van der Waals surface area contributed by atoms with E-state index in [1.54, 1.807) is 29.0 Å². The van der Waals surface area contributed by atoms with Gasteiger partial charge in [-0.05, 0) is 30.5 Å². The van der Waals surface area contributed by atoms with E-state index in [-0.39, 0.29) is 29.6 Å². The summed E-state index contributed by atoms with van der Waals surface area (Å²) in [4.78, 5) is 40.4. The van der Waals surface area contributed by atoms with Gasteiger partial charge in [0, 0.05) is 51.3 Å². The van der Waals surface area contributed by atoms with Crippen molar-refractivity contribution in [2.24, 2.45) is 17.6 Å². The second kappa shape index (κ2) is 10.2. The highest BCUT2D eigenvalue weighted by Crippen LogP contribution is 2.19. The number of hydrogen-bond acceptors (Lipinski definition) is 4. The number of carbonyl (C=O) groups is 3. The zero-order chi connectivity index (χ0) is 20.7. The Morgan fingerprint density at radius 3 is 2.54 bits per heavy atom. The van der Waals surface area contributed by atoms with Crippen molar-refractivity contribution in [2.45, 2.75) is 33.2 Å². The molecule has 1 aromatic rings. The lowest BCUT2D eigenvalue weighted by molar-refractivity contribution is -0.133. The monoisotopic (exact) mass is 388 g/mol. The fourth-order valence-electron chi connectivity index (χ4n) is 3.44. The molecule has 1 aliphatic heterocycles. The van der Waals surface area contributed by atoms with E-state index in [0.29, 0.717) is 38.3 Å². The molecule has 28 heavy (non-hydrogen) atoms. The Morgan fingerprint density at radius 2 is 1.93 bits per heavy atom. The van der Waals surface area contributed by atoms with Gasteiger partial charge in [-0.25, -0.2) is 0 Å². The van der Waals surface area contributed by atoms with Gasteiger partial charge in [0.2, 0.25) is 11.8 Å². The van der Waals surface area contributed by atoms with Gasteiger partial charge in [0.05, 0.1) is 5.92 Å². The molecule has 2 rings (SSSR count). The summed E-state index contributed by atoms with van der Waals surface area (Å²) in [5.41, 5.74) is 7.01. The van der Waals surface area contributed by atoms with Crippen LogP contribution in [0.5, 0.6) is 0 Å². The molecule has 1 aromatic carbocycles. The van der Waals surface area contributed by atoms with Crippen molar-refractivity contribution >= 4 is 17.7 Å². The highest BCUT2D eigenvalue weighted by molar-refractivity contribution is 5.94. The van der Waals surface area contributed by atoms with Gasteiger partial charge in [-0.2, -0.15) is 0 Å². The van der Waals surface area contributed by atoms with Crippen molar-refractivity contribution < 1.29 is 14.4 Å². The molecule has 0 aliphatic carbocycles. The molecule has 1 fully saturated rings. The van der Waals surface area contributed by atoms with E-state index in [0.717, 1.165) is 18.4 Å². The third kappa shape index (κ3) is 5.79. The van der Waals surface area contributed by atoms with E-state index in [1.807, 2.05) is 26.0 Å². The molecule has 0 aromatic heterocycles. The highest BCUT2D eigenvalue weighted by Gasteiger charge is 2.28. The maximum Gasteiger partial charge on any atom is 0.253 e. The molecule has 1 heterocycles. The molecule has 1 aliphatic rings. The Labute approximate surface area is 167 Å². The van der Waals surface area contributed by atoms with Crippen LogP contribution < -0.4 is 11.1 Å². The van der Waals surface area contributed by atoms with E-state index >= 15 is 0 Å². The van der Waals surface area contributed by atoms with Crippen molar-refractivity contribution in [3.8, 4) is 0 Å². The number of carbonyl (C=O) groups excluding carboxylic acids is 3. The first-order valence-electron chi connectivity index (χ1n) is 9.94. The smallest absolute Gasteiger partial charge is 0.253 e. The molecule has 154 valence electrons. The third-order valence-electron chi connectivity index (χ3n) is 5.01. The lowest BCUT2D eigenvalue weighted by atomic mass is 9.96. The number of likely N-dealkylation sites (tertiary alicyclic amines) is 1. The molecule has 3 N–H and O–H groups in total. The summed E-state index contributed by atoms with van der Waals surface area (Å²) in [5, 5.41) is 2.81. The largest absolute Gasteiger partial charge is 0.355 e. The topological polar surface area (TPSA) is 95.7 Å². The van der Waals surface area contributed by atoms with Crippen LogP contribution in [0.1, 0.15) is 42.6 Å². The van der Waals surface area contributed by atoms with Crippen LogP contribution in [-0.4, -0.2) is 60.7 Å². The van der Waals surface area contributed by atoms with E-state index < -0.39 is 0 Å². The molecular weight excluding hydrogens is 356 g/mol. The van der Waals surface area contributed by atoms with Crippen LogP contribution >= 0.6 is 0 Å². The summed E-state index contributed by atoms with van der Waals surface area (Å²) in [6.45, 7) is 6.23. The lowest BCUT2D eigenvalue weighted by Gasteiger charge is -2.32. The van der Waals surface area contributed by atoms with Crippen LogP contribution in [0.15, 0.2) is 24.3 Å². The molecule has 0 spiro atoms. The van der Waals surface area contributed by atoms with Crippen LogP contribution in [0.25, 0.3) is 0 Å². The Hall–Kier alpha value is -2.41. The van der Waals surface area contributed by atoms with Crippen LogP contribution in [0.3, 0.4) is 0 Å². The van der Waals surface area contributed by atoms with Crippen molar-refractivity contribution in [2.75, 3.05) is 33.2 Å². The maximum absolute atomic E-state index is 12.8. The van der Waals surface area contributed by atoms with Gasteiger partial charge in [0.25, 0.3) is 5.91 Å². The zero-order valence-electron chi connectivity index (χ0n) is 17.1. The van der Waals surface area contributed by atoms with Gasteiger partial charge >= 0.3 is 0 Å². The fraction of sp³-hybridized carbons (Fsp3) is 0.571. The summed E-state index contributed by atoms with van der Waals surface area (Å²) < 4.78 is 0. The van der Waals surface area contributed by atoms with Crippen molar-refractivity contribution in [3.63, 3.8) is 0 Å². The second-order valence-electron chi connectivity index (χ2n) is 7.72. The number of hydrogen-bond donors (Lipinski definition) is 2. The summed E-state index contributed by atoms with van der Waals surface area (Å²) in [7, 11) is 1.78. The summed E-state index contributed by atoms with van der Waals surface area (Å²) >= 11 is 0. The molecule has 3 amide bonds. The SMILES string of the molecule is CC(C)C(=O)N(C)Cc1ccc(C(=O)N2CCCC(C(=O)NCCN)C2)cc1. The molecule has 0 bridgehead atoms. The number of rotatable bonds is 7. The van der Waals surface area contributed by atoms with Crippen LogP contribution in [0, 0.1) is 11.8 Å². The molecule has 7 heteroatoms.